The molecule has 0 heterocycles. The number of para-hydroxylation sites is 1. The van der Waals surface area contributed by atoms with Crippen LogP contribution in [0.15, 0.2) is 24.3 Å². The molecule has 0 amide bonds. The lowest BCUT2D eigenvalue weighted by Crippen LogP contribution is -2.02. The fourth-order valence-corrected chi connectivity index (χ4v) is 1.60. The number of hydrogen-bond acceptors (Lipinski definition) is 2. The van der Waals surface area contributed by atoms with E-state index < -0.39 is 0 Å². The van der Waals surface area contributed by atoms with Crippen LogP contribution < -0.4 is 4.74 Å². The van der Waals surface area contributed by atoms with Crippen LogP contribution in [-0.2, 0) is 10.1 Å². The zero-order valence-corrected chi connectivity index (χ0v) is 9.92. The molecule has 0 N–H and O–H groups in total. The summed E-state index contributed by atoms with van der Waals surface area (Å²) in [6.45, 7) is 1.45. The van der Waals surface area contributed by atoms with Gasteiger partial charge in [0.25, 0.3) is 0 Å². The maximum absolute atomic E-state index is 5.62. The predicted octanol–water partition coefficient (Wildman–Crippen LogP) is 3.00. The van der Waals surface area contributed by atoms with Gasteiger partial charge in [0, 0.05) is 31.0 Å². The second kappa shape index (κ2) is 6.85. The summed E-state index contributed by atoms with van der Waals surface area (Å²) in [4.78, 5) is 0. The van der Waals surface area contributed by atoms with Gasteiger partial charge in [-0.2, -0.15) is 0 Å². The van der Waals surface area contributed by atoms with Crippen molar-refractivity contribution in [3.05, 3.63) is 29.8 Å². The minimum atomic E-state index is 0.706. The Labute approximate surface area is 93.4 Å². The molecule has 78 valence electrons. The lowest BCUT2D eigenvalue weighted by Gasteiger charge is -2.09. The van der Waals surface area contributed by atoms with Crippen molar-refractivity contribution in [3.63, 3.8) is 0 Å². The molecule has 1 rings (SSSR count). The summed E-state index contributed by atoms with van der Waals surface area (Å²) < 4.78 is 10.6. The van der Waals surface area contributed by atoms with Gasteiger partial charge in [-0.1, -0.05) is 34.1 Å². The van der Waals surface area contributed by atoms with Crippen molar-refractivity contribution >= 4 is 15.9 Å². The van der Waals surface area contributed by atoms with Gasteiger partial charge in [0.15, 0.2) is 0 Å². The molecule has 0 aliphatic rings. The van der Waals surface area contributed by atoms with Gasteiger partial charge in [0.2, 0.25) is 0 Å². The molecule has 0 aromatic heterocycles. The van der Waals surface area contributed by atoms with Crippen LogP contribution in [0.5, 0.6) is 5.75 Å². The van der Waals surface area contributed by atoms with Crippen LogP contribution in [0.1, 0.15) is 12.0 Å². The van der Waals surface area contributed by atoms with Crippen LogP contribution in [0.3, 0.4) is 0 Å². The Morgan fingerprint density at radius 3 is 2.71 bits per heavy atom. The normalized spacial score (nSPS) is 10.1. The molecule has 1 aromatic rings. The molecule has 3 heteroatoms. The van der Waals surface area contributed by atoms with Gasteiger partial charge >= 0.3 is 0 Å². The lowest BCUT2D eigenvalue weighted by atomic mass is 10.2. The third-order valence-electron chi connectivity index (χ3n) is 1.87. The van der Waals surface area contributed by atoms with Gasteiger partial charge in [0.05, 0.1) is 6.61 Å². The smallest absolute Gasteiger partial charge is 0.123 e. The van der Waals surface area contributed by atoms with E-state index in [9.17, 15) is 0 Å². The second-order valence-corrected chi connectivity index (χ2v) is 3.50. The van der Waals surface area contributed by atoms with E-state index in [0.717, 1.165) is 24.1 Å². The van der Waals surface area contributed by atoms with Crippen molar-refractivity contribution < 1.29 is 9.47 Å². The maximum Gasteiger partial charge on any atom is 0.123 e. The first kappa shape index (κ1) is 11.5. The molecule has 0 fully saturated rings. The molecule has 0 spiro atoms. The molecular weight excluding hydrogens is 244 g/mol. The first-order chi connectivity index (χ1) is 6.88. The molecule has 0 saturated carbocycles. The highest BCUT2D eigenvalue weighted by Gasteiger charge is 2.00. The molecule has 1 aromatic carbocycles. The number of halogens is 1. The van der Waals surface area contributed by atoms with Crippen LogP contribution in [0.25, 0.3) is 0 Å². The maximum atomic E-state index is 5.62. The van der Waals surface area contributed by atoms with Crippen molar-refractivity contribution in [1.82, 2.24) is 0 Å². The molecule has 14 heavy (non-hydrogen) atoms. The van der Waals surface area contributed by atoms with Crippen LogP contribution in [0.4, 0.5) is 0 Å². The van der Waals surface area contributed by atoms with Crippen molar-refractivity contribution in [2.75, 3.05) is 20.3 Å². The lowest BCUT2D eigenvalue weighted by molar-refractivity contribution is 0.172. The summed E-state index contributed by atoms with van der Waals surface area (Å²) in [5.74, 6) is 0.959. The van der Waals surface area contributed by atoms with E-state index in [1.165, 1.54) is 5.56 Å². The Morgan fingerprint density at radius 2 is 2.00 bits per heavy atom. The number of benzene rings is 1. The van der Waals surface area contributed by atoms with E-state index >= 15 is 0 Å². The summed E-state index contributed by atoms with van der Waals surface area (Å²) in [5.41, 5.74) is 1.19. The summed E-state index contributed by atoms with van der Waals surface area (Å²) >= 11 is 3.43. The molecule has 2 nitrogen and oxygen atoms in total. The number of rotatable bonds is 6. The topological polar surface area (TPSA) is 18.5 Å². The summed E-state index contributed by atoms with van der Waals surface area (Å²) in [6, 6.07) is 8.04. The van der Waals surface area contributed by atoms with Crippen molar-refractivity contribution in [2.45, 2.75) is 11.8 Å². The van der Waals surface area contributed by atoms with E-state index in [0.29, 0.717) is 6.61 Å². The van der Waals surface area contributed by atoms with Crippen molar-refractivity contribution in [1.29, 1.82) is 0 Å². The third-order valence-corrected chi connectivity index (χ3v) is 2.47. The van der Waals surface area contributed by atoms with E-state index in [1.54, 1.807) is 7.11 Å². The average molecular weight is 259 g/mol. The summed E-state index contributed by atoms with van der Waals surface area (Å²) in [5, 5.41) is 0.827. The Balaban J connectivity index is 2.41. The zero-order chi connectivity index (χ0) is 10.2. The van der Waals surface area contributed by atoms with Gasteiger partial charge in [-0.3, -0.25) is 0 Å². The summed E-state index contributed by atoms with van der Waals surface area (Å²) in [7, 11) is 1.70. The van der Waals surface area contributed by atoms with Gasteiger partial charge in [-0.25, -0.2) is 0 Å². The summed E-state index contributed by atoms with van der Waals surface area (Å²) in [6.07, 6.45) is 0.924. The molecule has 0 saturated heterocycles. The Kier molecular flexibility index (Phi) is 5.64. The van der Waals surface area contributed by atoms with E-state index in [1.807, 2.05) is 18.2 Å². The van der Waals surface area contributed by atoms with E-state index in [4.69, 9.17) is 9.47 Å². The van der Waals surface area contributed by atoms with E-state index in [2.05, 4.69) is 22.0 Å². The van der Waals surface area contributed by atoms with Crippen molar-refractivity contribution in [3.8, 4) is 5.75 Å². The van der Waals surface area contributed by atoms with Crippen LogP contribution in [0, 0.1) is 0 Å². The minimum Gasteiger partial charge on any atom is -0.493 e. The molecule has 0 atom stereocenters. The standard InChI is InChI=1S/C11H15BrO2/c1-13-7-4-8-14-11-6-3-2-5-10(11)9-12/h2-3,5-6H,4,7-9H2,1H3. The Bertz CT molecular complexity index is 263. The van der Waals surface area contributed by atoms with Crippen LogP contribution in [-0.4, -0.2) is 20.3 Å². The predicted molar refractivity (Wildman–Crippen MR) is 61.1 cm³/mol. The molecule has 0 radical (unpaired) electrons. The highest BCUT2D eigenvalue weighted by molar-refractivity contribution is 9.08. The van der Waals surface area contributed by atoms with Gasteiger partial charge in [-0.05, 0) is 6.07 Å². The molecule has 0 aliphatic carbocycles. The fraction of sp³-hybridized carbons (Fsp3) is 0.455. The van der Waals surface area contributed by atoms with Crippen molar-refractivity contribution in [2.24, 2.45) is 0 Å². The SMILES string of the molecule is COCCCOc1ccccc1CBr. The number of hydrogen-bond donors (Lipinski definition) is 0. The largest absolute Gasteiger partial charge is 0.493 e. The number of ether oxygens (including phenoxy) is 2. The first-order valence-electron chi connectivity index (χ1n) is 4.64. The third kappa shape index (κ3) is 3.68. The Hall–Kier alpha value is -0.540. The van der Waals surface area contributed by atoms with Gasteiger partial charge in [-0.15, -0.1) is 0 Å². The quantitative estimate of drug-likeness (QED) is 0.577. The first-order valence-corrected chi connectivity index (χ1v) is 5.76. The van der Waals surface area contributed by atoms with Crippen LogP contribution >= 0.6 is 15.9 Å². The fourth-order valence-electron chi connectivity index (χ4n) is 1.14. The zero-order valence-electron chi connectivity index (χ0n) is 8.33. The molecule has 0 aliphatic heterocycles. The van der Waals surface area contributed by atoms with E-state index in [-0.39, 0.29) is 0 Å². The van der Waals surface area contributed by atoms with Gasteiger partial charge in [0.1, 0.15) is 5.75 Å². The van der Waals surface area contributed by atoms with Crippen LogP contribution in [0.2, 0.25) is 0 Å². The molecule has 0 bridgehead atoms. The number of methoxy groups -OCH3 is 1. The highest BCUT2D eigenvalue weighted by atomic mass is 79.9. The highest BCUT2D eigenvalue weighted by Crippen LogP contribution is 2.20. The minimum absolute atomic E-state index is 0.706. The molecular formula is C11H15BrO2. The number of alkyl halides is 1. The monoisotopic (exact) mass is 258 g/mol. The van der Waals surface area contributed by atoms with Gasteiger partial charge < -0.3 is 9.47 Å². The second-order valence-electron chi connectivity index (χ2n) is 2.94. The molecule has 0 unspecified atom stereocenters. The Morgan fingerprint density at radius 1 is 1.21 bits per heavy atom. The average Bonchev–Trinajstić information content (AvgIpc) is 2.25.